The van der Waals surface area contributed by atoms with Crippen molar-refractivity contribution in [3.05, 3.63) is 59.0 Å². The van der Waals surface area contributed by atoms with Crippen LogP contribution in [0.25, 0.3) is 21.8 Å². The lowest BCUT2D eigenvalue weighted by Gasteiger charge is -2.03. The Morgan fingerprint density at radius 1 is 1.19 bits per heavy atom. The largest absolute Gasteiger partial charge is 0.469 e. The van der Waals surface area contributed by atoms with Gasteiger partial charge in [0.15, 0.2) is 0 Å². The number of methoxy groups -OCH3 is 1. The molecule has 0 aliphatic carbocycles. The number of hydrogen-bond acceptors (Lipinski definition) is 5. The Morgan fingerprint density at radius 3 is 2.74 bits per heavy atom. The van der Waals surface area contributed by atoms with Crippen LogP contribution in [0.5, 0.6) is 0 Å². The number of carbonyl (C=O) groups excluding carboxylic acids is 2. The van der Waals surface area contributed by atoms with Gasteiger partial charge in [-0.1, -0.05) is 30.3 Å². The number of hydrogen-bond donors (Lipinski definition) is 1. The van der Waals surface area contributed by atoms with E-state index in [4.69, 9.17) is 4.98 Å². The summed E-state index contributed by atoms with van der Waals surface area (Å²) in [7, 11) is 1.40. The van der Waals surface area contributed by atoms with E-state index in [9.17, 15) is 9.59 Å². The van der Waals surface area contributed by atoms with Crippen LogP contribution >= 0.6 is 11.3 Å². The van der Waals surface area contributed by atoms with Gasteiger partial charge in [-0.25, -0.2) is 4.98 Å². The second-order valence-electron chi connectivity index (χ2n) is 6.41. The molecule has 0 saturated carbocycles. The Kier molecular flexibility index (Phi) is 4.73. The van der Waals surface area contributed by atoms with Gasteiger partial charge in [0.25, 0.3) is 0 Å². The van der Waals surface area contributed by atoms with Crippen LogP contribution in [0.3, 0.4) is 0 Å². The van der Waals surface area contributed by atoms with E-state index < -0.39 is 0 Å². The monoisotopic (exact) mass is 378 g/mol. The molecule has 2 aromatic carbocycles. The van der Waals surface area contributed by atoms with Crippen LogP contribution < -0.4 is 5.32 Å². The molecule has 0 bridgehead atoms. The first kappa shape index (κ1) is 17.4. The van der Waals surface area contributed by atoms with Gasteiger partial charge in [0.2, 0.25) is 5.91 Å². The minimum absolute atomic E-state index is 0.0356. The molecule has 0 unspecified atom stereocenters. The van der Waals surface area contributed by atoms with Gasteiger partial charge < -0.3 is 10.1 Å². The second-order valence-corrected chi connectivity index (χ2v) is 7.27. The van der Waals surface area contributed by atoms with E-state index in [0.29, 0.717) is 19.3 Å². The van der Waals surface area contributed by atoms with Crippen LogP contribution in [0, 0.1) is 0 Å². The summed E-state index contributed by atoms with van der Waals surface area (Å²) in [4.78, 5) is 27.5. The van der Waals surface area contributed by atoms with Gasteiger partial charge in [-0.15, -0.1) is 11.3 Å². The van der Waals surface area contributed by atoms with E-state index in [1.807, 2.05) is 47.8 Å². The Hall–Kier alpha value is -2.99. The van der Waals surface area contributed by atoms with Crippen molar-refractivity contribution >= 4 is 28.9 Å². The molecule has 3 aromatic rings. The molecule has 0 atom stereocenters. The zero-order chi connectivity index (χ0) is 18.8. The van der Waals surface area contributed by atoms with Crippen LogP contribution in [-0.2, 0) is 27.2 Å². The normalized spacial score (nSPS) is 12.6. The minimum atomic E-state index is -0.199. The summed E-state index contributed by atoms with van der Waals surface area (Å²) in [5.41, 5.74) is 5.97. The molecule has 6 heteroatoms. The predicted molar refractivity (Wildman–Crippen MR) is 106 cm³/mol. The number of nitrogens with zero attached hydrogens (tertiary/aromatic N) is 1. The molecule has 1 aliphatic heterocycles. The molecule has 1 aliphatic rings. The van der Waals surface area contributed by atoms with Crippen LogP contribution in [0.2, 0.25) is 0 Å². The van der Waals surface area contributed by atoms with Gasteiger partial charge in [-0.05, 0) is 29.7 Å². The fourth-order valence-electron chi connectivity index (χ4n) is 3.09. The van der Waals surface area contributed by atoms with Crippen molar-refractivity contribution in [3.8, 4) is 21.8 Å². The molecule has 0 saturated heterocycles. The van der Waals surface area contributed by atoms with E-state index in [1.54, 1.807) is 11.3 Å². The first-order valence-electron chi connectivity index (χ1n) is 8.67. The highest BCUT2D eigenvalue weighted by Crippen LogP contribution is 2.32. The number of aromatic nitrogens is 1. The van der Waals surface area contributed by atoms with Crippen LogP contribution in [0.4, 0.5) is 5.69 Å². The summed E-state index contributed by atoms with van der Waals surface area (Å²) in [6.45, 7) is 0. The minimum Gasteiger partial charge on any atom is -0.469 e. The van der Waals surface area contributed by atoms with Crippen molar-refractivity contribution in [2.75, 3.05) is 12.4 Å². The highest BCUT2D eigenvalue weighted by Gasteiger charge is 2.18. The van der Waals surface area contributed by atoms with E-state index in [2.05, 4.69) is 10.1 Å². The van der Waals surface area contributed by atoms with Crippen molar-refractivity contribution in [2.45, 2.75) is 19.3 Å². The zero-order valence-electron chi connectivity index (χ0n) is 14.8. The van der Waals surface area contributed by atoms with Gasteiger partial charge in [-0.3, -0.25) is 9.59 Å². The number of fused-ring (bicyclic) bond motifs is 1. The number of rotatable bonds is 5. The number of anilines is 1. The van der Waals surface area contributed by atoms with Crippen LogP contribution in [0.15, 0.2) is 47.8 Å². The summed E-state index contributed by atoms with van der Waals surface area (Å²) < 4.78 is 4.67. The summed E-state index contributed by atoms with van der Waals surface area (Å²) in [5.74, 6) is -0.164. The SMILES string of the molecule is COC(=O)CCc1ccc(-c2nc(-c3ccc4c(c3)CC(=O)N4)cs2)cc1. The number of esters is 1. The van der Waals surface area contributed by atoms with Gasteiger partial charge >= 0.3 is 5.97 Å². The molecule has 2 heterocycles. The maximum Gasteiger partial charge on any atom is 0.305 e. The van der Waals surface area contributed by atoms with E-state index in [1.165, 1.54) is 7.11 Å². The molecule has 4 rings (SSSR count). The number of benzene rings is 2. The van der Waals surface area contributed by atoms with Crippen molar-refractivity contribution in [1.29, 1.82) is 0 Å². The van der Waals surface area contributed by atoms with Crippen molar-refractivity contribution in [3.63, 3.8) is 0 Å². The Labute approximate surface area is 161 Å². The Bertz CT molecular complexity index is 1010. The molecule has 1 amide bonds. The molecule has 1 N–H and O–H groups in total. The molecule has 1 aromatic heterocycles. The second kappa shape index (κ2) is 7.32. The summed E-state index contributed by atoms with van der Waals surface area (Å²) in [5, 5.41) is 5.83. The quantitative estimate of drug-likeness (QED) is 0.680. The standard InChI is InChI=1S/C21H18N2O3S/c1-26-20(25)9-4-13-2-5-14(6-3-13)21-23-18(12-27-21)15-7-8-17-16(10-15)11-19(24)22-17/h2-3,5-8,10,12H,4,9,11H2,1H3,(H,22,24). The molecule has 0 spiro atoms. The maximum atomic E-state index is 11.5. The lowest BCUT2D eigenvalue weighted by Crippen LogP contribution is -2.03. The third-order valence-corrected chi connectivity index (χ3v) is 5.47. The number of aryl methyl sites for hydroxylation is 1. The fraction of sp³-hybridized carbons (Fsp3) is 0.190. The molecule has 136 valence electrons. The van der Waals surface area contributed by atoms with Gasteiger partial charge in [0.05, 0.1) is 19.2 Å². The average Bonchev–Trinajstić information content (AvgIpc) is 3.31. The third kappa shape index (κ3) is 3.75. The third-order valence-electron chi connectivity index (χ3n) is 4.58. The molecule has 0 fully saturated rings. The molecular weight excluding hydrogens is 360 g/mol. The molecule has 5 nitrogen and oxygen atoms in total. The van der Waals surface area contributed by atoms with E-state index in [-0.39, 0.29) is 11.9 Å². The lowest BCUT2D eigenvalue weighted by atomic mass is 10.1. The Balaban J connectivity index is 1.50. The first-order chi connectivity index (χ1) is 13.1. The van der Waals surface area contributed by atoms with E-state index >= 15 is 0 Å². The fourth-order valence-corrected chi connectivity index (χ4v) is 3.93. The summed E-state index contributed by atoms with van der Waals surface area (Å²) in [6, 6.07) is 14.0. The van der Waals surface area contributed by atoms with Crippen molar-refractivity contribution in [1.82, 2.24) is 4.98 Å². The highest BCUT2D eigenvalue weighted by atomic mass is 32.1. The number of thiazole rings is 1. The van der Waals surface area contributed by atoms with Crippen molar-refractivity contribution in [2.24, 2.45) is 0 Å². The van der Waals surface area contributed by atoms with Crippen LogP contribution in [0.1, 0.15) is 17.5 Å². The number of ether oxygens (including phenoxy) is 1. The maximum absolute atomic E-state index is 11.5. The zero-order valence-corrected chi connectivity index (χ0v) is 15.6. The first-order valence-corrected chi connectivity index (χ1v) is 9.55. The van der Waals surface area contributed by atoms with Gasteiger partial charge in [0.1, 0.15) is 5.01 Å². The van der Waals surface area contributed by atoms with Gasteiger partial charge in [0, 0.05) is 28.6 Å². The van der Waals surface area contributed by atoms with E-state index in [0.717, 1.165) is 38.6 Å². The average molecular weight is 378 g/mol. The van der Waals surface area contributed by atoms with Gasteiger partial charge in [-0.2, -0.15) is 0 Å². The summed E-state index contributed by atoms with van der Waals surface area (Å²) in [6.07, 6.45) is 1.47. The molecule has 0 radical (unpaired) electrons. The topological polar surface area (TPSA) is 68.3 Å². The highest BCUT2D eigenvalue weighted by molar-refractivity contribution is 7.13. The molecular formula is C21H18N2O3S. The smallest absolute Gasteiger partial charge is 0.305 e. The van der Waals surface area contributed by atoms with Crippen LogP contribution in [-0.4, -0.2) is 24.0 Å². The Morgan fingerprint density at radius 2 is 1.96 bits per heavy atom. The molecule has 27 heavy (non-hydrogen) atoms. The summed E-state index contributed by atoms with van der Waals surface area (Å²) >= 11 is 1.59. The number of nitrogens with one attached hydrogen (secondary N) is 1. The van der Waals surface area contributed by atoms with Crippen molar-refractivity contribution < 1.29 is 14.3 Å². The predicted octanol–water partition coefficient (Wildman–Crippen LogP) is 4.08. The number of amides is 1. The lowest BCUT2D eigenvalue weighted by molar-refractivity contribution is -0.140. The number of carbonyl (C=O) groups is 2.